The molecule has 22 nitrogen and oxygen atoms in total. The molecule has 388 valence electrons. The molecule has 11 atom stereocenters. The number of nitrogens with zero attached hydrogens (tertiary/aromatic N) is 3. The maximum absolute atomic E-state index is 15.7. The molecule has 0 radical (unpaired) electrons. The number of ether oxygens (including phenoxy) is 7. The molecule has 3 fully saturated rings. The number of nitro groups is 1. The molecule has 4 aliphatic rings. The van der Waals surface area contributed by atoms with Gasteiger partial charge in [0, 0.05) is 32.1 Å². The number of hydrogen-bond donors (Lipinski definition) is 4. The molecule has 2 bridgehead atoms. The highest BCUT2D eigenvalue weighted by Gasteiger charge is 2.79. The monoisotopic (exact) mass is 1000 g/mol. The van der Waals surface area contributed by atoms with Gasteiger partial charge in [-0.2, -0.15) is 0 Å². The molecule has 2 aromatic carbocycles. The van der Waals surface area contributed by atoms with Gasteiger partial charge in [0.2, 0.25) is 0 Å². The largest absolute Gasteiger partial charge is 0.508 e. The number of carbonyl (C=O) groups excluding carboxylic acids is 6. The smallest absolute Gasteiger partial charge is 0.456 e. The fraction of sp³-hybridized carbons (Fsp3) is 0.540. The van der Waals surface area contributed by atoms with Crippen molar-refractivity contribution < 1.29 is 82.2 Å². The van der Waals surface area contributed by atoms with E-state index in [1.807, 2.05) is 0 Å². The maximum atomic E-state index is 15.7. The van der Waals surface area contributed by atoms with Crippen molar-refractivity contribution in [3.63, 3.8) is 0 Å². The lowest BCUT2D eigenvalue weighted by Crippen LogP contribution is -2.82. The Kier molecular flexibility index (Phi) is 14.5. The summed E-state index contributed by atoms with van der Waals surface area (Å²) in [7, 11) is 0. The fourth-order valence-corrected chi connectivity index (χ4v) is 11.0. The second-order valence-corrected chi connectivity index (χ2v) is 20.3. The van der Waals surface area contributed by atoms with E-state index in [1.165, 1.54) is 51.3 Å². The minimum atomic E-state index is -2.52. The first kappa shape index (κ1) is 53.1. The van der Waals surface area contributed by atoms with Crippen molar-refractivity contribution >= 4 is 41.8 Å². The molecule has 2 saturated carbocycles. The Morgan fingerprint density at radius 1 is 1.00 bits per heavy atom. The summed E-state index contributed by atoms with van der Waals surface area (Å²) in [5.74, 6) is -6.07. The highest BCUT2D eigenvalue weighted by atomic mass is 16.7. The van der Waals surface area contributed by atoms with Crippen LogP contribution in [0.3, 0.4) is 0 Å². The highest BCUT2D eigenvalue weighted by molar-refractivity contribution is 5.94. The molecular weight excluding hydrogens is 945 g/mol. The van der Waals surface area contributed by atoms with E-state index < -0.39 is 137 Å². The van der Waals surface area contributed by atoms with Crippen LogP contribution >= 0.6 is 0 Å². The molecule has 72 heavy (non-hydrogen) atoms. The first-order valence-corrected chi connectivity index (χ1v) is 23.3. The topological polar surface area (TPSA) is 301 Å². The number of imidazole rings is 1. The Bertz CT molecular complexity index is 2650. The van der Waals surface area contributed by atoms with Gasteiger partial charge in [-0.25, -0.2) is 28.7 Å². The predicted octanol–water partition coefficient (Wildman–Crippen LogP) is 4.53. The van der Waals surface area contributed by atoms with Crippen molar-refractivity contribution in [1.82, 2.24) is 14.9 Å². The molecule has 4 N–H and O–H groups in total. The van der Waals surface area contributed by atoms with Gasteiger partial charge < -0.3 is 63.9 Å². The molecule has 2 heterocycles. The predicted molar refractivity (Wildman–Crippen MR) is 247 cm³/mol. The number of aromatic nitrogens is 2. The number of aryl methyl sites for hydroxylation is 1. The molecule has 3 aliphatic carbocycles. The van der Waals surface area contributed by atoms with Crippen LogP contribution in [-0.4, -0.2) is 132 Å². The number of esters is 3. The number of nitrogens with one attached hydrogen (secondary N) is 1. The highest BCUT2D eigenvalue weighted by Crippen LogP contribution is 2.64. The minimum Gasteiger partial charge on any atom is -0.456 e. The summed E-state index contributed by atoms with van der Waals surface area (Å²) >= 11 is 0. The number of benzene rings is 2. The first-order valence-electron chi connectivity index (χ1n) is 23.3. The Labute approximate surface area is 414 Å². The quantitative estimate of drug-likeness (QED) is 0.0601. The molecule has 1 aliphatic heterocycles. The number of hydrogen-bond acceptors (Lipinski definition) is 19. The van der Waals surface area contributed by atoms with Crippen LogP contribution in [0, 0.1) is 33.8 Å². The Balaban J connectivity index is 1.33. The van der Waals surface area contributed by atoms with Crippen molar-refractivity contribution in [1.29, 1.82) is 0 Å². The molecule has 1 amide bonds. The number of aliphatic hydroxyl groups excluding tert-OH is 2. The van der Waals surface area contributed by atoms with Gasteiger partial charge in [0.05, 0.1) is 29.5 Å². The van der Waals surface area contributed by atoms with E-state index in [0.717, 1.165) is 13.1 Å². The van der Waals surface area contributed by atoms with Crippen molar-refractivity contribution in [2.45, 2.75) is 141 Å². The van der Waals surface area contributed by atoms with Crippen molar-refractivity contribution in [2.24, 2.45) is 16.7 Å². The zero-order valence-corrected chi connectivity index (χ0v) is 41.3. The van der Waals surface area contributed by atoms with Gasteiger partial charge in [-0.3, -0.25) is 9.59 Å². The van der Waals surface area contributed by atoms with Crippen LogP contribution < -0.4 is 5.32 Å². The summed E-state index contributed by atoms with van der Waals surface area (Å²) in [5.41, 5.74) is -9.25. The second-order valence-electron chi connectivity index (χ2n) is 20.3. The van der Waals surface area contributed by atoms with Crippen molar-refractivity contribution in [2.75, 3.05) is 13.2 Å². The van der Waals surface area contributed by atoms with Gasteiger partial charge >= 0.3 is 36.0 Å². The third kappa shape index (κ3) is 9.54. The summed E-state index contributed by atoms with van der Waals surface area (Å²) in [6.07, 6.45) is -13.0. The molecule has 22 heteroatoms. The van der Waals surface area contributed by atoms with Gasteiger partial charge in [0.15, 0.2) is 23.3 Å². The summed E-state index contributed by atoms with van der Waals surface area (Å²) in [4.78, 5) is 99.5. The minimum absolute atomic E-state index is 0.00387. The summed E-state index contributed by atoms with van der Waals surface area (Å²) in [6.45, 7) is 12.1. The molecule has 1 aromatic heterocycles. The number of rotatable bonds is 13. The average Bonchev–Trinajstić information content (AvgIpc) is 3.68. The number of fused-ring (bicyclic) bond motifs is 5. The van der Waals surface area contributed by atoms with Crippen molar-refractivity contribution in [3.05, 3.63) is 105 Å². The van der Waals surface area contributed by atoms with Crippen LogP contribution in [0.2, 0.25) is 0 Å². The Morgan fingerprint density at radius 2 is 1.64 bits per heavy atom. The SMILES string of the molecule is CC(=O)O[C@@]12CO[C@@H]1C[C@H](OC(=O)OCCn1c([N+](=O)[O-])cnc1C)[C@@]1(C)C(=O)[C@H](O)C3=C(C)[C@@H](OC(=O)[C@H](O)[C@@H](NC(=O)OC(C)(C)C)c4ccccc4)C[C@@](O)(C(OC(=O)c4ccccc4)C12)C3(C)C. The number of Topliss-reactive ketones (excluding diaryl/α,β-unsaturated/α-hetero) is 1. The molecule has 3 aromatic rings. The third-order valence-electron chi connectivity index (χ3n) is 14.5. The van der Waals surface area contributed by atoms with E-state index in [4.69, 9.17) is 33.2 Å². The summed E-state index contributed by atoms with van der Waals surface area (Å²) in [6, 6.07) is 14.2. The zero-order valence-electron chi connectivity index (χ0n) is 41.3. The number of amides is 1. The van der Waals surface area contributed by atoms with Crippen LogP contribution in [0.1, 0.15) is 96.0 Å². The Morgan fingerprint density at radius 3 is 2.22 bits per heavy atom. The zero-order chi connectivity index (χ0) is 52.9. The molecule has 1 saturated heterocycles. The number of ketones is 1. The van der Waals surface area contributed by atoms with E-state index in [-0.39, 0.29) is 46.9 Å². The standard InChI is InChI=1S/C50H60N4O18/c1-26-31(68-43(60)38(57)36(29-16-12-10-13-17-29)52-44(61)72-46(4,5)6)23-50(63)41(70-42(59)30-18-14-11-15-19-30)39-48(9,40(58)37(56)35(26)47(50,7)8)32(22-33-49(39,25-67-33)71-28(3)55)69-45(62)66-21-20-53-27(2)51-24-34(53)54(64)65/h10-19,24,31-33,36-39,41,56-57,63H,20-23,25H2,1-9H3,(H,52,61)/t31-,32-,33+,36-,37+,38+,39?,41?,48+,49-,50+/m0/s1. The second kappa shape index (κ2) is 19.7. The fourth-order valence-electron chi connectivity index (χ4n) is 11.0. The molecule has 7 rings (SSSR count). The maximum Gasteiger partial charge on any atom is 0.508 e. The summed E-state index contributed by atoms with van der Waals surface area (Å²) in [5, 5.41) is 52.3. The number of carbonyl (C=O) groups is 6. The summed E-state index contributed by atoms with van der Waals surface area (Å²) < 4.78 is 42.6. The van der Waals surface area contributed by atoms with E-state index in [0.29, 0.717) is 0 Å². The van der Waals surface area contributed by atoms with Crippen LogP contribution in [0.15, 0.2) is 78.0 Å². The number of alkyl carbamates (subject to hydrolysis) is 1. The molecular formula is C50H60N4O18. The van der Waals surface area contributed by atoms with Crippen LogP contribution in [0.25, 0.3) is 0 Å². The average molecular weight is 1010 g/mol. The third-order valence-corrected chi connectivity index (χ3v) is 14.5. The van der Waals surface area contributed by atoms with Crippen LogP contribution in [0.4, 0.5) is 15.4 Å². The van der Waals surface area contributed by atoms with Gasteiger partial charge in [-0.1, -0.05) is 62.4 Å². The van der Waals surface area contributed by atoms with E-state index in [1.54, 1.807) is 69.3 Å². The van der Waals surface area contributed by atoms with E-state index >= 15 is 4.79 Å². The normalized spacial score (nSPS) is 29.2. The molecule has 0 spiro atoms. The molecule has 2 unspecified atom stereocenters. The van der Waals surface area contributed by atoms with Gasteiger partial charge in [-0.05, 0) is 68.4 Å². The lowest BCUT2D eigenvalue weighted by Gasteiger charge is -2.67. The lowest BCUT2D eigenvalue weighted by atomic mass is 9.44. The van der Waals surface area contributed by atoms with Gasteiger partial charge in [0.1, 0.15) is 61.1 Å². The lowest BCUT2D eigenvalue weighted by molar-refractivity contribution is -0.392. The van der Waals surface area contributed by atoms with E-state index in [2.05, 4.69) is 10.3 Å². The van der Waals surface area contributed by atoms with Gasteiger partial charge in [-0.15, -0.1) is 0 Å². The van der Waals surface area contributed by atoms with Gasteiger partial charge in [0.25, 0.3) is 0 Å². The van der Waals surface area contributed by atoms with E-state index in [9.17, 15) is 49.4 Å². The van der Waals surface area contributed by atoms with Crippen LogP contribution in [-0.2, 0) is 54.1 Å². The van der Waals surface area contributed by atoms with Crippen molar-refractivity contribution in [3.8, 4) is 0 Å². The van der Waals surface area contributed by atoms with Crippen LogP contribution in [0.5, 0.6) is 0 Å². The number of aliphatic hydroxyl groups is 3. The Hall–Kier alpha value is -6.75. The first-order chi connectivity index (χ1) is 33.7.